The molecular formula is C20H22BrN3O4S. The second-order valence-electron chi connectivity index (χ2n) is 6.94. The number of amides is 2. The van der Waals surface area contributed by atoms with Gasteiger partial charge in [-0.2, -0.15) is 0 Å². The fraction of sp³-hybridized carbons (Fsp3) is 0.300. The molecule has 0 fully saturated rings. The van der Waals surface area contributed by atoms with Crippen LogP contribution in [-0.4, -0.2) is 39.6 Å². The van der Waals surface area contributed by atoms with Crippen molar-refractivity contribution in [2.45, 2.75) is 19.8 Å². The van der Waals surface area contributed by atoms with E-state index in [0.717, 1.165) is 21.3 Å². The van der Waals surface area contributed by atoms with E-state index in [-0.39, 0.29) is 24.8 Å². The topological polar surface area (TPSA) is 95.6 Å². The fourth-order valence-electron chi connectivity index (χ4n) is 3.19. The van der Waals surface area contributed by atoms with Gasteiger partial charge in [-0.1, -0.05) is 22.0 Å². The summed E-state index contributed by atoms with van der Waals surface area (Å²) in [4.78, 5) is 24.5. The number of anilines is 2. The van der Waals surface area contributed by atoms with Gasteiger partial charge < -0.3 is 10.6 Å². The highest BCUT2D eigenvalue weighted by atomic mass is 79.9. The first-order valence-corrected chi connectivity index (χ1v) is 11.7. The van der Waals surface area contributed by atoms with Gasteiger partial charge in [-0.15, -0.1) is 0 Å². The van der Waals surface area contributed by atoms with Crippen molar-refractivity contribution in [1.82, 2.24) is 5.32 Å². The van der Waals surface area contributed by atoms with E-state index in [0.29, 0.717) is 24.2 Å². The van der Waals surface area contributed by atoms with Gasteiger partial charge in [0.25, 0.3) is 5.91 Å². The Morgan fingerprint density at radius 1 is 1.17 bits per heavy atom. The maximum absolute atomic E-state index is 12.4. The van der Waals surface area contributed by atoms with E-state index in [4.69, 9.17) is 0 Å². The molecule has 9 heteroatoms. The molecule has 1 aliphatic rings. The van der Waals surface area contributed by atoms with Crippen molar-refractivity contribution in [1.29, 1.82) is 0 Å². The summed E-state index contributed by atoms with van der Waals surface area (Å²) >= 11 is 3.37. The predicted octanol–water partition coefficient (Wildman–Crippen LogP) is 2.84. The lowest BCUT2D eigenvalue weighted by Gasteiger charge is -2.16. The van der Waals surface area contributed by atoms with Crippen LogP contribution in [0.1, 0.15) is 27.9 Å². The third-order valence-electron chi connectivity index (χ3n) is 4.71. The number of nitrogens with one attached hydrogen (secondary N) is 2. The molecule has 7 nitrogen and oxygen atoms in total. The predicted molar refractivity (Wildman–Crippen MR) is 117 cm³/mol. The Morgan fingerprint density at radius 2 is 1.93 bits per heavy atom. The van der Waals surface area contributed by atoms with Crippen LogP contribution in [0.4, 0.5) is 11.4 Å². The molecule has 3 rings (SSSR count). The molecule has 2 N–H and O–H groups in total. The maximum Gasteiger partial charge on any atom is 0.251 e. The van der Waals surface area contributed by atoms with Gasteiger partial charge in [0.1, 0.15) is 0 Å². The average Bonchev–Trinajstić information content (AvgIpc) is 3.08. The minimum atomic E-state index is -3.32. The van der Waals surface area contributed by atoms with Crippen LogP contribution in [-0.2, 0) is 21.2 Å². The highest BCUT2D eigenvalue weighted by Gasteiger charge is 2.26. The van der Waals surface area contributed by atoms with Crippen molar-refractivity contribution >= 4 is 49.1 Å². The molecule has 1 aliphatic heterocycles. The van der Waals surface area contributed by atoms with Gasteiger partial charge in [-0.25, -0.2) is 8.42 Å². The van der Waals surface area contributed by atoms with Crippen molar-refractivity contribution in [3.63, 3.8) is 0 Å². The van der Waals surface area contributed by atoms with E-state index < -0.39 is 10.0 Å². The maximum atomic E-state index is 12.4. The van der Waals surface area contributed by atoms with Crippen LogP contribution in [0.5, 0.6) is 0 Å². The zero-order valence-electron chi connectivity index (χ0n) is 16.2. The molecule has 0 unspecified atom stereocenters. The Hall–Kier alpha value is -2.39. The van der Waals surface area contributed by atoms with Gasteiger partial charge >= 0.3 is 0 Å². The van der Waals surface area contributed by atoms with Crippen LogP contribution in [0.15, 0.2) is 40.9 Å². The number of nitrogens with zero attached hydrogens (tertiary/aromatic N) is 1. The largest absolute Gasteiger partial charge is 0.352 e. The van der Waals surface area contributed by atoms with Crippen molar-refractivity contribution < 1.29 is 18.0 Å². The standard InChI is InChI=1S/C20H22BrN3O4S/c1-13-3-5-16(21)12-17(13)23-19(25)7-9-22-20(26)15-4-6-18-14(11-15)8-10-24(18)29(2,27)28/h3-6,11-12H,7-10H2,1-2H3,(H,22,26)(H,23,25). The molecule has 0 spiro atoms. The van der Waals surface area contributed by atoms with Gasteiger partial charge in [-0.3, -0.25) is 13.9 Å². The third kappa shape index (κ3) is 5.16. The second-order valence-corrected chi connectivity index (χ2v) is 9.76. The van der Waals surface area contributed by atoms with Crippen LogP contribution >= 0.6 is 15.9 Å². The minimum absolute atomic E-state index is 0.143. The zero-order chi connectivity index (χ0) is 21.2. The van der Waals surface area contributed by atoms with Crippen LogP contribution in [0.25, 0.3) is 0 Å². The van der Waals surface area contributed by atoms with Crippen LogP contribution in [0, 0.1) is 6.92 Å². The van der Waals surface area contributed by atoms with Crippen molar-refractivity contribution in [2.75, 3.05) is 29.0 Å². The number of hydrogen-bond acceptors (Lipinski definition) is 4. The minimum Gasteiger partial charge on any atom is -0.352 e. The Morgan fingerprint density at radius 3 is 2.66 bits per heavy atom. The van der Waals surface area contributed by atoms with E-state index in [2.05, 4.69) is 26.6 Å². The van der Waals surface area contributed by atoms with Gasteiger partial charge in [0.2, 0.25) is 15.9 Å². The smallest absolute Gasteiger partial charge is 0.251 e. The molecule has 0 aliphatic carbocycles. The van der Waals surface area contributed by atoms with E-state index in [1.54, 1.807) is 18.2 Å². The molecule has 0 atom stereocenters. The monoisotopic (exact) mass is 479 g/mol. The summed E-state index contributed by atoms with van der Waals surface area (Å²) < 4.78 is 25.8. The summed E-state index contributed by atoms with van der Waals surface area (Å²) in [5.74, 6) is -0.485. The normalized spacial score (nSPS) is 13.1. The zero-order valence-corrected chi connectivity index (χ0v) is 18.6. The first-order valence-electron chi connectivity index (χ1n) is 9.10. The van der Waals surface area contributed by atoms with Crippen molar-refractivity contribution in [3.8, 4) is 0 Å². The SMILES string of the molecule is Cc1ccc(Br)cc1NC(=O)CCNC(=O)c1ccc2c(c1)CCN2S(C)(=O)=O. The number of sulfonamides is 1. The third-order valence-corrected chi connectivity index (χ3v) is 6.38. The summed E-state index contributed by atoms with van der Waals surface area (Å²) in [7, 11) is -3.32. The van der Waals surface area contributed by atoms with Gasteiger partial charge in [0, 0.05) is 35.2 Å². The van der Waals surface area contributed by atoms with Gasteiger partial charge in [0.05, 0.1) is 11.9 Å². The summed E-state index contributed by atoms with van der Waals surface area (Å²) in [6.07, 6.45) is 1.88. The number of halogens is 1. The first-order chi connectivity index (χ1) is 13.6. The Labute approximate surface area is 178 Å². The van der Waals surface area contributed by atoms with E-state index in [9.17, 15) is 18.0 Å². The average molecular weight is 480 g/mol. The van der Waals surface area contributed by atoms with E-state index >= 15 is 0 Å². The number of rotatable bonds is 6. The molecule has 0 saturated carbocycles. The van der Waals surface area contributed by atoms with Crippen molar-refractivity contribution in [2.24, 2.45) is 0 Å². The molecule has 29 heavy (non-hydrogen) atoms. The molecule has 2 aromatic carbocycles. The summed E-state index contributed by atoms with van der Waals surface area (Å²) in [5, 5.41) is 5.57. The molecule has 0 bridgehead atoms. The Bertz CT molecular complexity index is 1070. The molecule has 0 radical (unpaired) electrons. The van der Waals surface area contributed by atoms with Gasteiger partial charge in [-0.05, 0) is 54.8 Å². The molecule has 1 heterocycles. The highest BCUT2D eigenvalue weighted by molar-refractivity contribution is 9.10. The highest BCUT2D eigenvalue weighted by Crippen LogP contribution is 2.30. The molecule has 0 aromatic heterocycles. The van der Waals surface area contributed by atoms with Crippen LogP contribution in [0.2, 0.25) is 0 Å². The lowest BCUT2D eigenvalue weighted by molar-refractivity contribution is -0.116. The molecule has 2 aromatic rings. The number of hydrogen-bond donors (Lipinski definition) is 2. The number of carbonyl (C=O) groups excluding carboxylic acids is 2. The Balaban J connectivity index is 1.55. The lowest BCUT2D eigenvalue weighted by Crippen LogP contribution is -2.28. The molecular weight excluding hydrogens is 458 g/mol. The van der Waals surface area contributed by atoms with Crippen LogP contribution < -0.4 is 14.9 Å². The Kier molecular flexibility index (Phi) is 6.28. The van der Waals surface area contributed by atoms with E-state index in [1.807, 2.05) is 25.1 Å². The number of benzene rings is 2. The summed E-state index contributed by atoms with van der Waals surface area (Å²) in [6.45, 7) is 2.49. The van der Waals surface area contributed by atoms with Gasteiger partial charge in [0.15, 0.2) is 0 Å². The summed E-state index contributed by atoms with van der Waals surface area (Å²) in [6, 6.07) is 10.6. The van der Waals surface area contributed by atoms with E-state index in [1.165, 1.54) is 10.6 Å². The first kappa shape index (κ1) is 21.3. The number of carbonyl (C=O) groups is 2. The quantitative estimate of drug-likeness (QED) is 0.665. The lowest BCUT2D eigenvalue weighted by atomic mass is 10.1. The number of aryl methyl sites for hydroxylation is 1. The van der Waals surface area contributed by atoms with Crippen molar-refractivity contribution in [3.05, 3.63) is 57.6 Å². The summed E-state index contributed by atoms with van der Waals surface area (Å²) in [5.41, 5.74) is 3.57. The fourth-order valence-corrected chi connectivity index (χ4v) is 4.51. The number of fused-ring (bicyclic) bond motifs is 1. The second kappa shape index (κ2) is 8.54. The molecule has 0 saturated heterocycles. The molecule has 2 amide bonds. The van der Waals surface area contributed by atoms with Crippen LogP contribution in [0.3, 0.4) is 0 Å². The molecule has 154 valence electrons.